The standard InChI is InChI=1S/C21H33BrO3Si/c1-13(2)11-15-18(25-26(6,7)21(3,4)5)12-17(23)19(15)14-9-8-10-16(22)20(14)24/h8-11,15,17-19,23-24H,12H2,1-7H3. The number of aromatic hydroxyl groups is 1. The van der Waals surface area contributed by atoms with Crippen molar-refractivity contribution < 1.29 is 14.6 Å². The van der Waals surface area contributed by atoms with Crippen molar-refractivity contribution in [2.75, 3.05) is 0 Å². The van der Waals surface area contributed by atoms with Crippen LogP contribution in [0.1, 0.15) is 52.5 Å². The van der Waals surface area contributed by atoms with Crippen LogP contribution in [-0.2, 0) is 4.43 Å². The fourth-order valence-electron chi connectivity index (χ4n) is 3.52. The molecule has 2 N–H and O–H groups in total. The average molecular weight is 441 g/mol. The molecule has 0 saturated heterocycles. The third-order valence-electron chi connectivity index (χ3n) is 5.89. The van der Waals surface area contributed by atoms with Crippen LogP contribution in [0.4, 0.5) is 0 Å². The molecule has 5 heteroatoms. The Morgan fingerprint density at radius 2 is 1.88 bits per heavy atom. The topological polar surface area (TPSA) is 49.7 Å². The van der Waals surface area contributed by atoms with Gasteiger partial charge in [0.2, 0.25) is 0 Å². The normalized spacial score (nSPS) is 26.8. The van der Waals surface area contributed by atoms with Crippen molar-refractivity contribution in [2.45, 2.75) is 77.3 Å². The first kappa shape index (κ1) is 21.7. The number of aliphatic hydroxyl groups is 1. The lowest BCUT2D eigenvalue weighted by atomic mass is 9.85. The molecule has 3 nitrogen and oxygen atoms in total. The molecule has 0 aromatic heterocycles. The van der Waals surface area contributed by atoms with Gasteiger partial charge >= 0.3 is 0 Å². The van der Waals surface area contributed by atoms with E-state index in [2.05, 4.69) is 69.7 Å². The van der Waals surface area contributed by atoms with Crippen LogP contribution in [-0.4, -0.2) is 30.7 Å². The van der Waals surface area contributed by atoms with E-state index in [-0.39, 0.29) is 28.7 Å². The highest BCUT2D eigenvalue weighted by molar-refractivity contribution is 9.10. The quantitative estimate of drug-likeness (QED) is 0.447. The fourth-order valence-corrected chi connectivity index (χ4v) is 5.27. The highest BCUT2D eigenvalue weighted by Crippen LogP contribution is 2.49. The van der Waals surface area contributed by atoms with Crippen LogP contribution in [0, 0.1) is 5.92 Å². The summed E-state index contributed by atoms with van der Waals surface area (Å²) in [5.41, 5.74) is 1.99. The highest BCUT2D eigenvalue weighted by Gasteiger charge is 2.48. The average Bonchev–Trinajstić information content (AvgIpc) is 2.75. The summed E-state index contributed by atoms with van der Waals surface area (Å²) < 4.78 is 7.37. The maximum absolute atomic E-state index is 10.9. The van der Waals surface area contributed by atoms with Crippen molar-refractivity contribution in [3.63, 3.8) is 0 Å². The Morgan fingerprint density at radius 3 is 2.42 bits per heavy atom. The number of hydrogen-bond donors (Lipinski definition) is 2. The number of para-hydroxylation sites is 1. The van der Waals surface area contributed by atoms with Crippen molar-refractivity contribution in [3.8, 4) is 5.75 Å². The second-order valence-corrected chi connectivity index (χ2v) is 14.9. The van der Waals surface area contributed by atoms with E-state index in [1.54, 1.807) is 0 Å². The summed E-state index contributed by atoms with van der Waals surface area (Å²) in [6.07, 6.45) is 2.23. The first-order valence-corrected chi connectivity index (χ1v) is 13.0. The van der Waals surface area contributed by atoms with Gasteiger partial charge in [-0.1, -0.05) is 44.6 Å². The van der Waals surface area contributed by atoms with Crippen LogP contribution in [0.3, 0.4) is 0 Å². The molecule has 146 valence electrons. The molecule has 4 unspecified atom stereocenters. The summed E-state index contributed by atoms with van der Waals surface area (Å²) in [6.45, 7) is 15.4. The third-order valence-corrected chi connectivity index (χ3v) is 11.0. The predicted molar refractivity (Wildman–Crippen MR) is 114 cm³/mol. The molecule has 0 heterocycles. The Kier molecular flexibility index (Phi) is 6.49. The van der Waals surface area contributed by atoms with Crippen LogP contribution in [0.25, 0.3) is 0 Å². The zero-order valence-corrected chi connectivity index (χ0v) is 19.6. The zero-order chi connectivity index (χ0) is 19.9. The van der Waals surface area contributed by atoms with Gasteiger partial charge in [0, 0.05) is 17.4 Å². The van der Waals surface area contributed by atoms with Crippen molar-refractivity contribution in [1.29, 1.82) is 0 Å². The maximum Gasteiger partial charge on any atom is 0.192 e. The lowest BCUT2D eigenvalue weighted by molar-refractivity contribution is 0.132. The summed E-state index contributed by atoms with van der Waals surface area (Å²) in [6, 6.07) is 5.64. The fraction of sp³-hybridized carbons (Fsp3) is 0.619. The minimum absolute atomic E-state index is 0.0378. The van der Waals surface area contributed by atoms with E-state index < -0.39 is 14.4 Å². The van der Waals surface area contributed by atoms with Crippen molar-refractivity contribution in [1.82, 2.24) is 0 Å². The van der Waals surface area contributed by atoms with Crippen LogP contribution < -0.4 is 0 Å². The number of aliphatic hydroxyl groups excluding tert-OH is 1. The van der Waals surface area contributed by atoms with Crippen molar-refractivity contribution >= 4 is 24.2 Å². The summed E-state index contributed by atoms with van der Waals surface area (Å²) >= 11 is 3.40. The monoisotopic (exact) mass is 440 g/mol. The highest BCUT2D eigenvalue weighted by atomic mass is 79.9. The number of hydrogen-bond acceptors (Lipinski definition) is 3. The van der Waals surface area contributed by atoms with Gasteiger partial charge in [-0.25, -0.2) is 0 Å². The SMILES string of the molecule is CC(C)=CC1C(O[Si](C)(C)C(C)(C)C)CC(O)C1c1cccc(Br)c1O. The lowest BCUT2D eigenvalue weighted by Crippen LogP contribution is -2.44. The van der Waals surface area contributed by atoms with E-state index in [0.717, 1.165) is 5.56 Å². The number of allylic oxidation sites excluding steroid dienone is 1. The van der Waals surface area contributed by atoms with E-state index in [1.165, 1.54) is 5.57 Å². The number of rotatable bonds is 4. The molecule has 1 aliphatic carbocycles. The van der Waals surface area contributed by atoms with E-state index in [1.807, 2.05) is 18.2 Å². The first-order chi connectivity index (χ1) is 11.8. The summed E-state index contributed by atoms with van der Waals surface area (Å²) in [4.78, 5) is 0. The molecule has 0 bridgehead atoms. The number of phenolic OH excluding ortho intramolecular Hbond substituents is 1. The Labute approximate surface area is 167 Å². The molecule has 1 saturated carbocycles. The molecule has 1 aromatic rings. The smallest absolute Gasteiger partial charge is 0.192 e. The van der Waals surface area contributed by atoms with Gasteiger partial charge in [0.25, 0.3) is 0 Å². The van der Waals surface area contributed by atoms with Crippen LogP contribution in [0.2, 0.25) is 18.1 Å². The molecular formula is C21H33BrO3Si. The minimum Gasteiger partial charge on any atom is -0.506 e. The largest absolute Gasteiger partial charge is 0.506 e. The Bertz CT molecular complexity index is 674. The molecule has 1 fully saturated rings. The van der Waals surface area contributed by atoms with Crippen LogP contribution in [0.5, 0.6) is 5.75 Å². The second-order valence-electron chi connectivity index (χ2n) is 9.24. The van der Waals surface area contributed by atoms with Crippen molar-refractivity contribution in [2.24, 2.45) is 5.92 Å². The van der Waals surface area contributed by atoms with Gasteiger partial charge in [-0.15, -0.1) is 0 Å². The molecular weight excluding hydrogens is 408 g/mol. The molecule has 4 atom stereocenters. The summed E-state index contributed by atoms with van der Waals surface area (Å²) in [5.74, 6) is 0.0955. The minimum atomic E-state index is -1.96. The molecule has 2 rings (SSSR count). The van der Waals surface area contributed by atoms with Gasteiger partial charge in [0.1, 0.15) is 5.75 Å². The zero-order valence-electron chi connectivity index (χ0n) is 17.0. The Balaban J connectivity index is 2.44. The van der Waals surface area contributed by atoms with Crippen LogP contribution in [0.15, 0.2) is 34.3 Å². The lowest BCUT2D eigenvalue weighted by Gasteiger charge is -2.40. The number of phenols is 1. The van der Waals surface area contributed by atoms with E-state index in [4.69, 9.17) is 4.43 Å². The molecule has 0 aliphatic heterocycles. The molecule has 1 aliphatic rings. The molecule has 26 heavy (non-hydrogen) atoms. The predicted octanol–water partition coefficient (Wildman–Crippen LogP) is 5.98. The van der Waals surface area contributed by atoms with Crippen LogP contribution >= 0.6 is 15.9 Å². The van der Waals surface area contributed by atoms with Gasteiger partial charge in [0.15, 0.2) is 8.32 Å². The van der Waals surface area contributed by atoms with E-state index in [9.17, 15) is 10.2 Å². The molecule has 0 spiro atoms. The first-order valence-electron chi connectivity index (χ1n) is 9.33. The molecule has 0 radical (unpaired) electrons. The van der Waals surface area contributed by atoms with Gasteiger partial charge in [-0.3, -0.25) is 0 Å². The third kappa shape index (κ3) is 4.43. The Morgan fingerprint density at radius 1 is 1.27 bits per heavy atom. The summed E-state index contributed by atoms with van der Waals surface area (Å²) in [7, 11) is -1.96. The Hall–Kier alpha value is -0.623. The van der Waals surface area contributed by atoms with Gasteiger partial charge in [-0.2, -0.15) is 0 Å². The summed E-state index contributed by atoms with van der Waals surface area (Å²) in [5, 5.41) is 21.6. The molecule has 0 amide bonds. The van der Waals surface area contributed by atoms with Crippen molar-refractivity contribution in [3.05, 3.63) is 39.9 Å². The van der Waals surface area contributed by atoms with Gasteiger partial charge in [-0.05, 0) is 60.4 Å². The van der Waals surface area contributed by atoms with Gasteiger partial charge in [0.05, 0.1) is 16.7 Å². The second kappa shape index (κ2) is 7.78. The van der Waals surface area contributed by atoms with E-state index in [0.29, 0.717) is 10.9 Å². The number of halogens is 1. The van der Waals surface area contributed by atoms with E-state index >= 15 is 0 Å². The maximum atomic E-state index is 10.9. The number of benzene rings is 1. The van der Waals surface area contributed by atoms with Gasteiger partial charge < -0.3 is 14.6 Å². The molecule has 1 aromatic carbocycles.